The molecule has 3 unspecified atom stereocenters. The van der Waals surface area contributed by atoms with E-state index in [0.717, 1.165) is 0 Å². The average Bonchev–Trinajstić information content (AvgIpc) is 2.65. The lowest BCUT2D eigenvalue weighted by Crippen LogP contribution is -2.55. The third-order valence-corrected chi connectivity index (χ3v) is 4.01. The molecule has 0 aromatic heterocycles. The number of nitrogens with two attached hydrogens (primary N) is 1. The van der Waals surface area contributed by atoms with E-state index in [2.05, 4.69) is 10.6 Å². The molecule has 0 saturated heterocycles. The van der Waals surface area contributed by atoms with Crippen LogP contribution < -0.4 is 16.4 Å². The summed E-state index contributed by atoms with van der Waals surface area (Å²) in [7, 11) is 0. The van der Waals surface area contributed by atoms with Crippen molar-refractivity contribution in [3.8, 4) is 0 Å². The van der Waals surface area contributed by atoms with E-state index >= 15 is 0 Å². The van der Waals surface area contributed by atoms with Crippen molar-refractivity contribution in [1.29, 1.82) is 0 Å². The summed E-state index contributed by atoms with van der Waals surface area (Å²) in [5.74, 6) is -3.48. The van der Waals surface area contributed by atoms with E-state index in [4.69, 9.17) is 17.3 Å². The molecule has 148 valence electrons. The number of rotatable bonds is 9. The minimum Gasteiger partial charge on any atom is -0.368 e. The Morgan fingerprint density at radius 1 is 1.07 bits per heavy atom. The van der Waals surface area contributed by atoms with Crippen molar-refractivity contribution in [2.45, 2.75) is 38.4 Å². The Bertz CT molecular complexity index is 685. The second-order valence-electron chi connectivity index (χ2n) is 5.94. The normalized spacial score (nSPS) is 13.8. The summed E-state index contributed by atoms with van der Waals surface area (Å²) in [5, 5.41) is 15.1. The summed E-state index contributed by atoms with van der Waals surface area (Å²) in [6, 6.07) is 5.50. The van der Waals surface area contributed by atoms with Gasteiger partial charge in [-0.1, -0.05) is 30.3 Å². The first kappa shape index (κ1) is 22.4. The largest absolute Gasteiger partial charge is 0.368 e. The summed E-state index contributed by atoms with van der Waals surface area (Å²) in [4.78, 5) is 47.3. The molecule has 0 aliphatic carbocycles. The summed E-state index contributed by atoms with van der Waals surface area (Å²) < 4.78 is 0. The third kappa shape index (κ3) is 6.87. The van der Waals surface area contributed by atoms with Crippen LogP contribution in [0.25, 0.3) is 0 Å². The number of hydrogen-bond donors (Lipinski definition) is 4. The fourth-order valence-electron chi connectivity index (χ4n) is 2.15. The molecule has 0 bridgehead atoms. The SMILES string of the molecule is CC(NC(=O)C(C)NC(=O)C(Cc1ccccc1)N(O)C(=O)CCl)C(N)=O. The molecule has 9 nitrogen and oxygen atoms in total. The minimum atomic E-state index is -1.29. The monoisotopic (exact) mass is 398 g/mol. The van der Waals surface area contributed by atoms with Crippen molar-refractivity contribution in [3.05, 3.63) is 35.9 Å². The Morgan fingerprint density at radius 2 is 1.63 bits per heavy atom. The maximum Gasteiger partial charge on any atom is 0.261 e. The fraction of sp³-hybridized carbons (Fsp3) is 0.412. The highest BCUT2D eigenvalue weighted by atomic mass is 35.5. The fourth-order valence-corrected chi connectivity index (χ4v) is 2.27. The number of carbonyl (C=O) groups excluding carboxylic acids is 4. The lowest BCUT2D eigenvalue weighted by atomic mass is 10.0. The van der Waals surface area contributed by atoms with E-state index < -0.39 is 47.6 Å². The quantitative estimate of drug-likeness (QED) is 0.253. The number of primary amides is 1. The first-order valence-electron chi connectivity index (χ1n) is 8.18. The number of alkyl halides is 1. The van der Waals surface area contributed by atoms with Crippen LogP contribution in [0.1, 0.15) is 19.4 Å². The van der Waals surface area contributed by atoms with Crippen molar-refractivity contribution in [1.82, 2.24) is 15.7 Å². The van der Waals surface area contributed by atoms with Gasteiger partial charge in [0, 0.05) is 6.42 Å². The number of nitrogens with one attached hydrogen (secondary N) is 2. The molecule has 0 saturated carbocycles. The lowest BCUT2D eigenvalue weighted by molar-refractivity contribution is -0.177. The number of hydrogen-bond acceptors (Lipinski definition) is 5. The number of halogens is 1. The zero-order valence-electron chi connectivity index (χ0n) is 15.0. The van der Waals surface area contributed by atoms with E-state index in [1.807, 2.05) is 0 Å². The molecule has 5 N–H and O–H groups in total. The summed E-state index contributed by atoms with van der Waals surface area (Å²) >= 11 is 5.45. The maximum atomic E-state index is 12.6. The van der Waals surface area contributed by atoms with Crippen molar-refractivity contribution in [3.63, 3.8) is 0 Å². The van der Waals surface area contributed by atoms with Crippen molar-refractivity contribution >= 4 is 35.2 Å². The van der Waals surface area contributed by atoms with Crippen molar-refractivity contribution in [2.24, 2.45) is 5.73 Å². The first-order chi connectivity index (χ1) is 12.7. The molecular formula is C17H23ClN4O5. The van der Waals surface area contributed by atoms with Gasteiger partial charge in [-0.25, -0.2) is 5.06 Å². The number of amides is 4. The van der Waals surface area contributed by atoms with Gasteiger partial charge >= 0.3 is 0 Å². The Balaban J connectivity index is 2.87. The molecule has 0 aliphatic heterocycles. The zero-order chi connectivity index (χ0) is 20.6. The van der Waals surface area contributed by atoms with Gasteiger partial charge in [-0.3, -0.25) is 24.4 Å². The lowest BCUT2D eigenvalue weighted by Gasteiger charge is -2.26. The molecule has 3 atom stereocenters. The molecule has 0 heterocycles. The molecule has 1 aromatic carbocycles. The molecular weight excluding hydrogens is 376 g/mol. The average molecular weight is 399 g/mol. The Kier molecular flexibility index (Phi) is 8.70. The maximum absolute atomic E-state index is 12.6. The van der Waals surface area contributed by atoms with Crippen LogP contribution in [-0.4, -0.2) is 57.9 Å². The molecule has 0 radical (unpaired) electrons. The molecule has 0 aliphatic rings. The predicted molar refractivity (Wildman–Crippen MR) is 97.7 cm³/mol. The summed E-state index contributed by atoms with van der Waals surface area (Å²) in [6.07, 6.45) is 0.0117. The minimum absolute atomic E-state index is 0.0117. The first-order valence-corrected chi connectivity index (χ1v) is 8.71. The van der Waals surface area contributed by atoms with Crippen LogP contribution in [0.3, 0.4) is 0 Å². The van der Waals surface area contributed by atoms with Gasteiger partial charge in [-0.05, 0) is 19.4 Å². The van der Waals surface area contributed by atoms with Crippen LogP contribution >= 0.6 is 11.6 Å². The van der Waals surface area contributed by atoms with Gasteiger partial charge in [0.2, 0.25) is 17.7 Å². The predicted octanol–water partition coefficient (Wildman–Crippen LogP) is -0.451. The van der Waals surface area contributed by atoms with Gasteiger partial charge in [0.25, 0.3) is 5.91 Å². The standard InChI is InChI=1S/C17H23ClN4O5/c1-10(15(19)24)20-16(25)11(2)21-17(26)13(22(27)14(23)9-18)8-12-6-4-3-5-7-12/h3-7,10-11,13,27H,8-9H2,1-2H3,(H2,19,24)(H,20,25)(H,21,26). The Labute approximate surface area is 161 Å². The van der Waals surface area contributed by atoms with E-state index in [0.29, 0.717) is 5.56 Å². The molecule has 1 aromatic rings. The van der Waals surface area contributed by atoms with E-state index in [-0.39, 0.29) is 11.5 Å². The van der Waals surface area contributed by atoms with Crippen LogP contribution in [0.4, 0.5) is 0 Å². The van der Waals surface area contributed by atoms with Crippen LogP contribution in [0, 0.1) is 0 Å². The second-order valence-corrected chi connectivity index (χ2v) is 6.21. The zero-order valence-corrected chi connectivity index (χ0v) is 15.8. The molecule has 0 spiro atoms. The van der Waals surface area contributed by atoms with E-state index in [1.54, 1.807) is 30.3 Å². The van der Waals surface area contributed by atoms with Crippen molar-refractivity contribution in [2.75, 3.05) is 5.88 Å². The van der Waals surface area contributed by atoms with Crippen LogP contribution in [0.5, 0.6) is 0 Å². The molecule has 4 amide bonds. The Hall–Kier alpha value is -2.65. The van der Waals surface area contributed by atoms with Crippen LogP contribution in [-0.2, 0) is 25.6 Å². The highest BCUT2D eigenvalue weighted by Gasteiger charge is 2.31. The highest BCUT2D eigenvalue weighted by Crippen LogP contribution is 2.09. The van der Waals surface area contributed by atoms with Crippen molar-refractivity contribution < 1.29 is 24.4 Å². The van der Waals surface area contributed by atoms with Crippen LogP contribution in [0.15, 0.2) is 30.3 Å². The third-order valence-electron chi connectivity index (χ3n) is 3.78. The molecule has 27 heavy (non-hydrogen) atoms. The molecule has 10 heteroatoms. The molecule has 0 fully saturated rings. The van der Waals surface area contributed by atoms with Crippen LogP contribution in [0.2, 0.25) is 0 Å². The summed E-state index contributed by atoms with van der Waals surface area (Å²) in [6.45, 7) is 2.80. The number of carbonyl (C=O) groups is 4. The second kappa shape index (κ2) is 10.5. The molecule has 1 rings (SSSR count). The van der Waals surface area contributed by atoms with Gasteiger partial charge in [0.15, 0.2) is 0 Å². The number of hydroxylamine groups is 2. The van der Waals surface area contributed by atoms with E-state index in [1.165, 1.54) is 13.8 Å². The van der Waals surface area contributed by atoms with Gasteiger partial charge in [-0.15, -0.1) is 11.6 Å². The number of benzene rings is 1. The van der Waals surface area contributed by atoms with Gasteiger partial charge in [0.1, 0.15) is 24.0 Å². The highest BCUT2D eigenvalue weighted by molar-refractivity contribution is 6.27. The summed E-state index contributed by atoms with van der Waals surface area (Å²) in [5.41, 5.74) is 5.77. The van der Waals surface area contributed by atoms with Gasteiger partial charge in [-0.2, -0.15) is 0 Å². The number of nitrogens with zero attached hydrogens (tertiary/aromatic N) is 1. The smallest absolute Gasteiger partial charge is 0.261 e. The van der Waals surface area contributed by atoms with Gasteiger partial charge in [0.05, 0.1) is 0 Å². The van der Waals surface area contributed by atoms with Gasteiger partial charge < -0.3 is 16.4 Å². The Morgan fingerprint density at radius 3 is 2.15 bits per heavy atom. The van der Waals surface area contributed by atoms with E-state index in [9.17, 15) is 24.4 Å². The topological polar surface area (TPSA) is 142 Å².